The van der Waals surface area contributed by atoms with Crippen LogP contribution in [0.1, 0.15) is 22.5 Å². The van der Waals surface area contributed by atoms with Crippen molar-refractivity contribution in [2.24, 2.45) is 0 Å². The first-order valence-electron chi connectivity index (χ1n) is 8.55. The number of nitrogens with two attached hydrogens (primary N) is 1. The molecule has 2 aromatic carbocycles. The summed E-state index contributed by atoms with van der Waals surface area (Å²) in [5.41, 5.74) is 9.81. The summed E-state index contributed by atoms with van der Waals surface area (Å²) in [4.78, 5) is 14.5. The summed E-state index contributed by atoms with van der Waals surface area (Å²) in [6.45, 7) is 2.61. The van der Waals surface area contributed by atoms with Gasteiger partial charge in [-0.15, -0.1) is 0 Å². The Morgan fingerprint density at radius 1 is 1.04 bits per heavy atom. The predicted octanol–water partition coefficient (Wildman–Crippen LogP) is 3.32. The SMILES string of the molecule is Nc1cccc(COc2coc(CN3Cc4ccccc4C3)cc2=O)c1. The Balaban J connectivity index is 1.39. The third kappa shape index (κ3) is 3.63. The smallest absolute Gasteiger partial charge is 0.227 e. The van der Waals surface area contributed by atoms with Crippen LogP contribution >= 0.6 is 0 Å². The molecule has 0 unspecified atom stereocenters. The van der Waals surface area contributed by atoms with Crippen LogP contribution in [0, 0.1) is 0 Å². The van der Waals surface area contributed by atoms with E-state index in [1.165, 1.54) is 23.5 Å². The standard InChI is InChI=1S/C21H20N2O3/c22-18-7-3-4-15(8-18)13-26-21-14-25-19(9-20(21)24)12-23-10-16-5-1-2-6-17(16)11-23/h1-9,14H,10-13,22H2. The van der Waals surface area contributed by atoms with Gasteiger partial charge in [0, 0.05) is 24.8 Å². The van der Waals surface area contributed by atoms with Gasteiger partial charge < -0.3 is 14.9 Å². The molecule has 5 heteroatoms. The lowest BCUT2D eigenvalue weighted by atomic mass is 10.1. The topological polar surface area (TPSA) is 68.7 Å². The Labute approximate surface area is 151 Å². The van der Waals surface area contributed by atoms with Crippen LogP contribution in [0.3, 0.4) is 0 Å². The van der Waals surface area contributed by atoms with Crippen molar-refractivity contribution in [1.82, 2.24) is 4.90 Å². The summed E-state index contributed by atoms with van der Waals surface area (Å²) in [6, 6.07) is 17.3. The molecule has 2 heterocycles. The molecular formula is C21H20N2O3. The summed E-state index contributed by atoms with van der Waals surface area (Å²) < 4.78 is 11.2. The average molecular weight is 348 g/mol. The van der Waals surface area contributed by atoms with Crippen LogP contribution in [0.2, 0.25) is 0 Å². The van der Waals surface area contributed by atoms with Crippen molar-refractivity contribution in [3.05, 3.63) is 93.5 Å². The Kier molecular flexibility index (Phi) is 4.46. The maximum atomic E-state index is 12.3. The van der Waals surface area contributed by atoms with E-state index in [1.54, 1.807) is 0 Å². The maximum absolute atomic E-state index is 12.3. The highest BCUT2D eigenvalue weighted by atomic mass is 16.5. The third-order valence-corrected chi connectivity index (χ3v) is 4.48. The van der Waals surface area contributed by atoms with Crippen LogP contribution < -0.4 is 15.9 Å². The van der Waals surface area contributed by atoms with Crippen LogP contribution in [0.25, 0.3) is 0 Å². The number of anilines is 1. The van der Waals surface area contributed by atoms with Crippen LogP contribution in [-0.2, 0) is 26.2 Å². The van der Waals surface area contributed by atoms with Crippen molar-refractivity contribution in [3.63, 3.8) is 0 Å². The zero-order chi connectivity index (χ0) is 17.9. The van der Waals surface area contributed by atoms with E-state index < -0.39 is 0 Å². The fourth-order valence-electron chi connectivity index (χ4n) is 3.21. The molecule has 4 rings (SSSR count). The number of nitrogen functional groups attached to an aromatic ring is 1. The van der Waals surface area contributed by atoms with E-state index in [4.69, 9.17) is 14.9 Å². The fourth-order valence-corrected chi connectivity index (χ4v) is 3.21. The number of rotatable bonds is 5. The van der Waals surface area contributed by atoms with Gasteiger partial charge in [-0.25, -0.2) is 0 Å². The molecule has 0 spiro atoms. The van der Waals surface area contributed by atoms with Gasteiger partial charge in [-0.05, 0) is 28.8 Å². The van der Waals surface area contributed by atoms with E-state index in [-0.39, 0.29) is 17.8 Å². The molecule has 1 aliphatic rings. The quantitative estimate of drug-likeness (QED) is 0.717. The minimum absolute atomic E-state index is 0.174. The molecule has 26 heavy (non-hydrogen) atoms. The molecule has 0 fully saturated rings. The zero-order valence-electron chi connectivity index (χ0n) is 14.4. The Morgan fingerprint density at radius 3 is 2.50 bits per heavy atom. The largest absolute Gasteiger partial charge is 0.482 e. The van der Waals surface area contributed by atoms with Gasteiger partial charge in [-0.1, -0.05) is 36.4 Å². The molecule has 0 atom stereocenters. The fraction of sp³-hybridized carbons (Fsp3) is 0.190. The summed E-state index contributed by atoms with van der Waals surface area (Å²) in [5.74, 6) is 0.847. The zero-order valence-corrected chi connectivity index (χ0v) is 14.4. The molecular weight excluding hydrogens is 328 g/mol. The lowest BCUT2D eigenvalue weighted by Gasteiger charge is -2.14. The molecule has 1 aromatic heterocycles. The molecule has 2 N–H and O–H groups in total. The van der Waals surface area contributed by atoms with E-state index in [0.29, 0.717) is 18.0 Å². The van der Waals surface area contributed by atoms with Gasteiger partial charge in [-0.2, -0.15) is 0 Å². The summed E-state index contributed by atoms with van der Waals surface area (Å²) in [6.07, 6.45) is 1.40. The van der Waals surface area contributed by atoms with E-state index >= 15 is 0 Å². The lowest BCUT2D eigenvalue weighted by Crippen LogP contribution is -2.17. The van der Waals surface area contributed by atoms with Crippen molar-refractivity contribution in [2.75, 3.05) is 5.73 Å². The number of hydrogen-bond donors (Lipinski definition) is 1. The molecule has 132 valence electrons. The van der Waals surface area contributed by atoms with Crippen molar-refractivity contribution >= 4 is 5.69 Å². The molecule has 3 aromatic rings. The highest BCUT2D eigenvalue weighted by molar-refractivity contribution is 5.40. The van der Waals surface area contributed by atoms with Gasteiger partial charge in [0.15, 0.2) is 0 Å². The second kappa shape index (κ2) is 7.06. The van der Waals surface area contributed by atoms with Gasteiger partial charge >= 0.3 is 0 Å². The normalized spacial score (nSPS) is 13.5. The van der Waals surface area contributed by atoms with Gasteiger partial charge in [0.05, 0.1) is 6.54 Å². The number of benzene rings is 2. The van der Waals surface area contributed by atoms with Crippen LogP contribution in [0.5, 0.6) is 5.75 Å². The van der Waals surface area contributed by atoms with Crippen molar-refractivity contribution in [3.8, 4) is 5.75 Å². The Bertz CT molecular complexity index is 956. The van der Waals surface area contributed by atoms with E-state index in [0.717, 1.165) is 18.7 Å². The molecule has 0 saturated carbocycles. The molecule has 1 aliphatic heterocycles. The first-order chi connectivity index (χ1) is 12.7. The molecule has 0 amide bonds. The maximum Gasteiger partial charge on any atom is 0.227 e. The monoisotopic (exact) mass is 348 g/mol. The van der Waals surface area contributed by atoms with Crippen molar-refractivity contribution in [1.29, 1.82) is 0 Å². The van der Waals surface area contributed by atoms with Gasteiger partial charge in [0.1, 0.15) is 18.6 Å². The van der Waals surface area contributed by atoms with Gasteiger partial charge in [-0.3, -0.25) is 9.69 Å². The third-order valence-electron chi connectivity index (χ3n) is 4.48. The highest BCUT2D eigenvalue weighted by Crippen LogP contribution is 2.24. The molecule has 0 radical (unpaired) electrons. The summed E-state index contributed by atoms with van der Waals surface area (Å²) >= 11 is 0. The van der Waals surface area contributed by atoms with Crippen LogP contribution in [0.4, 0.5) is 5.69 Å². The number of hydrogen-bond acceptors (Lipinski definition) is 5. The first kappa shape index (κ1) is 16.4. The highest BCUT2D eigenvalue weighted by Gasteiger charge is 2.19. The van der Waals surface area contributed by atoms with Crippen LogP contribution in [-0.4, -0.2) is 4.90 Å². The van der Waals surface area contributed by atoms with Crippen molar-refractivity contribution in [2.45, 2.75) is 26.2 Å². The second-order valence-electron chi connectivity index (χ2n) is 6.52. The molecule has 0 saturated heterocycles. The number of nitrogens with zero attached hydrogens (tertiary/aromatic N) is 1. The molecule has 0 bridgehead atoms. The second-order valence-corrected chi connectivity index (χ2v) is 6.52. The Hall–Kier alpha value is -3.05. The average Bonchev–Trinajstić information content (AvgIpc) is 3.03. The number of fused-ring (bicyclic) bond motifs is 1. The minimum Gasteiger partial charge on any atom is -0.482 e. The first-order valence-corrected chi connectivity index (χ1v) is 8.55. The molecule has 5 nitrogen and oxygen atoms in total. The minimum atomic E-state index is -0.174. The van der Waals surface area contributed by atoms with E-state index in [1.807, 2.05) is 24.3 Å². The Morgan fingerprint density at radius 2 is 1.81 bits per heavy atom. The summed E-state index contributed by atoms with van der Waals surface area (Å²) in [7, 11) is 0. The van der Waals surface area contributed by atoms with Crippen molar-refractivity contribution < 1.29 is 9.15 Å². The van der Waals surface area contributed by atoms with Gasteiger partial charge in [0.2, 0.25) is 11.2 Å². The van der Waals surface area contributed by atoms with Crippen LogP contribution in [0.15, 0.2) is 70.1 Å². The lowest BCUT2D eigenvalue weighted by molar-refractivity contribution is 0.241. The number of ether oxygens (including phenoxy) is 1. The predicted molar refractivity (Wildman–Crippen MR) is 99.6 cm³/mol. The molecule has 0 aliphatic carbocycles. The van der Waals surface area contributed by atoms with Gasteiger partial charge in [0.25, 0.3) is 0 Å². The van der Waals surface area contributed by atoms with E-state index in [9.17, 15) is 4.79 Å². The summed E-state index contributed by atoms with van der Waals surface area (Å²) in [5, 5.41) is 0. The van der Waals surface area contributed by atoms with E-state index in [2.05, 4.69) is 29.2 Å².